The average molecular weight is 558 g/mol. The van der Waals surface area contributed by atoms with E-state index in [0.29, 0.717) is 29.8 Å². The molecule has 4 heterocycles. The van der Waals surface area contributed by atoms with Crippen LogP contribution in [0.3, 0.4) is 0 Å². The lowest BCUT2D eigenvalue weighted by Gasteiger charge is -2.50. The average Bonchev–Trinajstić information content (AvgIpc) is 3.47. The molecule has 12 nitrogen and oxygen atoms in total. The van der Waals surface area contributed by atoms with Gasteiger partial charge in [0.2, 0.25) is 11.8 Å². The molecule has 3 fully saturated rings. The first kappa shape index (κ1) is 26.2. The molecule has 1 atom stereocenters. The number of fused-ring (bicyclic) bond motifs is 4. The number of urea groups is 2. The zero-order valence-corrected chi connectivity index (χ0v) is 22.7. The fourth-order valence-corrected chi connectivity index (χ4v) is 6.44. The fraction of sp³-hybridized carbons (Fsp3) is 0.310. The molecule has 41 heavy (non-hydrogen) atoms. The van der Waals surface area contributed by atoms with Gasteiger partial charge in [-0.2, -0.15) is 0 Å². The van der Waals surface area contributed by atoms with Crippen LogP contribution < -0.4 is 19.9 Å². The summed E-state index contributed by atoms with van der Waals surface area (Å²) >= 11 is 0. The van der Waals surface area contributed by atoms with E-state index in [1.807, 2.05) is 11.0 Å². The molecule has 6 rings (SSSR count). The Bertz CT molecular complexity index is 1570. The first-order valence-corrected chi connectivity index (χ1v) is 13.1. The van der Waals surface area contributed by atoms with E-state index in [1.54, 1.807) is 30.3 Å². The molecule has 2 aromatic carbocycles. The van der Waals surface area contributed by atoms with Crippen molar-refractivity contribution in [3.05, 3.63) is 59.2 Å². The zero-order valence-electron chi connectivity index (χ0n) is 22.7. The maximum Gasteiger partial charge on any atom is 0.335 e. The van der Waals surface area contributed by atoms with Crippen molar-refractivity contribution in [3.8, 4) is 5.75 Å². The van der Waals surface area contributed by atoms with Crippen molar-refractivity contribution in [2.24, 2.45) is 5.41 Å². The molecule has 0 bridgehead atoms. The maximum atomic E-state index is 13.6. The highest BCUT2D eigenvalue weighted by atomic mass is 16.5. The highest BCUT2D eigenvalue weighted by Crippen LogP contribution is 2.49. The zero-order chi connectivity index (χ0) is 29.2. The van der Waals surface area contributed by atoms with E-state index < -0.39 is 47.1 Å². The second kappa shape index (κ2) is 9.29. The molecule has 8 amide bonds. The Balaban J connectivity index is 1.40. The van der Waals surface area contributed by atoms with Gasteiger partial charge in [-0.25, -0.2) is 14.5 Å². The summed E-state index contributed by atoms with van der Waals surface area (Å²) in [6.07, 6.45) is 2.85. The van der Waals surface area contributed by atoms with Crippen LogP contribution in [-0.4, -0.2) is 79.3 Å². The van der Waals surface area contributed by atoms with Crippen LogP contribution in [0, 0.1) is 5.41 Å². The third-order valence-electron chi connectivity index (χ3n) is 8.37. The van der Waals surface area contributed by atoms with Crippen LogP contribution >= 0.6 is 0 Å². The number of hydrogen-bond acceptors (Lipinski definition) is 8. The van der Waals surface area contributed by atoms with Crippen LogP contribution in [0.4, 0.5) is 21.0 Å². The monoisotopic (exact) mass is 557 g/mol. The number of benzene rings is 2. The van der Waals surface area contributed by atoms with Crippen molar-refractivity contribution in [2.75, 3.05) is 37.5 Å². The summed E-state index contributed by atoms with van der Waals surface area (Å²) in [5, 5.41) is 2.21. The third kappa shape index (κ3) is 3.74. The van der Waals surface area contributed by atoms with E-state index in [0.717, 1.165) is 26.8 Å². The number of methoxy groups -OCH3 is 1. The number of carbonyl (C=O) groups is 6. The Hall–Kier alpha value is -5.00. The van der Waals surface area contributed by atoms with Gasteiger partial charge in [-0.1, -0.05) is 12.1 Å². The SMILES string of the molecule is COc1cccc(N2C(=O)NC(=O)/C(=C\c3ccc4c(c3)CC3(C(=O)N(C)C(=O)N(C)C3=O)C3CCCN43)C2=O)c1. The third-order valence-corrected chi connectivity index (χ3v) is 8.37. The molecule has 0 aromatic heterocycles. The summed E-state index contributed by atoms with van der Waals surface area (Å²) in [4.78, 5) is 83.5. The largest absolute Gasteiger partial charge is 0.497 e. The highest BCUT2D eigenvalue weighted by Gasteiger charge is 2.63. The molecular formula is C29H27N5O7. The van der Waals surface area contributed by atoms with Gasteiger partial charge in [0.05, 0.1) is 18.8 Å². The minimum absolute atomic E-state index is 0.0642. The van der Waals surface area contributed by atoms with Crippen LogP contribution in [0.5, 0.6) is 5.75 Å². The maximum absolute atomic E-state index is 13.6. The van der Waals surface area contributed by atoms with Crippen molar-refractivity contribution in [2.45, 2.75) is 25.3 Å². The summed E-state index contributed by atoms with van der Waals surface area (Å²) in [6, 6.07) is 9.73. The predicted molar refractivity (Wildman–Crippen MR) is 146 cm³/mol. The Morgan fingerprint density at radius 3 is 2.41 bits per heavy atom. The van der Waals surface area contributed by atoms with E-state index in [2.05, 4.69) is 5.32 Å². The van der Waals surface area contributed by atoms with Crippen LogP contribution in [0.15, 0.2) is 48.0 Å². The number of imide groups is 4. The van der Waals surface area contributed by atoms with Gasteiger partial charge in [-0.3, -0.25) is 34.3 Å². The predicted octanol–water partition coefficient (Wildman–Crippen LogP) is 1.92. The van der Waals surface area contributed by atoms with Gasteiger partial charge in [-0.15, -0.1) is 0 Å². The van der Waals surface area contributed by atoms with Crippen molar-refractivity contribution in [1.29, 1.82) is 0 Å². The Morgan fingerprint density at radius 1 is 0.976 bits per heavy atom. The van der Waals surface area contributed by atoms with E-state index in [9.17, 15) is 28.8 Å². The molecule has 210 valence electrons. The van der Waals surface area contributed by atoms with E-state index in [-0.39, 0.29) is 17.7 Å². The lowest BCUT2D eigenvalue weighted by atomic mass is 9.68. The number of barbiturate groups is 2. The summed E-state index contributed by atoms with van der Waals surface area (Å²) in [6.45, 7) is 0.639. The molecule has 4 aliphatic rings. The minimum atomic E-state index is -1.47. The number of amides is 8. The van der Waals surface area contributed by atoms with Crippen molar-refractivity contribution < 1.29 is 33.5 Å². The molecule has 3 saturated heterocycles. The number of ether oxygens (including phenoxy) is 1. The number of carbonyl (C=O) groups excluding carboxylic acids is 6. The molecule has 2 aromatic rings. The topological polar surface area (TPSA) is 137 Å². The smallest absolute Gasteiger partial charge is 0.335 e. The van der Waals surface area contributed by atoms with E-state index in [4.69, 9.17) is 4.74 Å². The number of nitrogens with one attached hydrogen (secondary N) is 1. The van der Waals surface area contributed by atoms with Gasteiger partial charge in [-0.05, 0) is 60.7 Å². The minimum Gasteiger partial charge on any atom is -0.497 e. The van der Waals surface area contributed by atoms with Gasteiger partial charge in [0.1, 0.15) is 11.3 Å². The van der Waals surface area contributed by atoms with E-state index >= 15 is 0 Å². The number of anilines is 2. The normalized spacial score (nSPS) is 22.9. The highest BCUT2D eigenvalue weighted by molar-refractivity contribution is 6.39. The molecule has 1 N–H and O–H groups in total. The molecule has 12 heteroatoms. The summed E-state index contributed by atoms with van der Waals surface area (Å²) in [5.74, 6) is -2.29. The van der Waals surface area contributed by atoms with Crippen LogP contribution in [0.2, 0.25) is 0 Å². The first-order valence-electron chi connectivity index (χ1n) is 13.1. The molecule has 0 aliphatic carbocycles. The van der Waals surface area contributed by atoms with E-state index in [1.165, 1.54) is 33.3 Å². The quantitative estimate of drug-likeness (QED) is 0.344. The van der Waals surface area contributed by atoms with Crippen molar-refractivity contribution in [1.82, 2.24) is 15.1 Å². The fourth-order valence-electron chi connectivity index (χ4n) is 6.44. The van der Waals surface area contributed by atoms with Crippen LogP contribution in [-0.2, 0) is 25.6 Å². The number of nitrogens with zero attached hydrogens (tertiary/aromatic N) is 4. The Labute approximate surface area is 235 Å². The van der Waals surface area contributed by atoms with Crippen molar-refractivity contribution >= 4 is 53.1 Å². The lowest BCUT2D eigenvalue weighted by Crippen LogP contribution is -2.70. The van der Waals surface area contributed by atoms with Gasteiger partial charge in [0, 0.05) is 32.4 Å². The molecule has 1 unspecified atom stereocenters. The number of rotatable bonds is 3. The van der Waals surface area contributed by atoms with Gasteiger partial charge in [0.15, 0.2) is 5.41 Å². The molecular weight excluding hydrogens is 530 g/mol. The van der Waals surface area contributed by atoms with Crippen LogP contribution in [0.25, 0.3) is 6.08 Å². The molecule has 4 aliphatic heterocycles. The van der Waals surface area contributed by atoms with Crippen LogP contribution in [0.1, 0.15) is 24.0 Å². The Morgan fingerprint density at radius 2 is 1.71 bits per heavy atom. The molecule has 0 radical (unpaired) electrons. The summed E-state index contributed by atoms with van der Waals surface area (Å²) in [7, 11) is 4.22. The van der Waals surface area contributed by atoms with Gasteiger partial charge >= 0.3 is 12.1 Å². The van der Waals surface area contributed by atoms with Gasteiger partial charge < -0.3 is 9.64 Å². The second-order valence-electron chi connectivity index (χ2n) is 10.6. The summed E-state index contributed by atoms with van der Waals surface area (Å²) in [5.41, 5.74) is 0.515. The summed E-state index contributed by atoms with van der Waals surface area (Å²) < 4.78 is 5.20. The Kier molecular flexibility index (Phi) is 5.94. The van der Waals surface area contributed by atoms with Crippen molar-refractivity contribution in [3.63, 3.8) is 0 Å². The van der Waals surface area contributed by atoms with Gasteiger partial charge in [0.25, 0.3) is 11.8 Å². The standard InChI is InChI=1S/C29H27N5O7/c1-31-25(37)29(26(38)32(2)28(31)40)15-17-12-16(9-10-21(17)33-11-5-8-22(29)33)13-20-23(35)30-27(39)34(24(20)36)18-6-4-7-19(14-18)41-3/h4,6-7,9-10,12-14,22H,5,8,11,15H2,1-3H3,(H,30,35,39)/b20-13+. The second-order valence-corrected chi connectivity index (χ2v) is 10.6. The molecule has 1 spiro atoms. The first-order chi connectivity index (χ1) is 19.6. The number of hydrogen-bond donors (Lipinski definition) is 1. The lowest BCUT2D eigenvalue weighted by molar-refractivity contribution is -0.159. The molecule has 0 saturated carbocycles.